The molecule has 0 N–H and O–H groups in total. The normalized spacial score (nSPS) is 10.6. The molecule has 0 atom stereocenters. The Balaban J connectivity index is 3.09. The van der Waals surface area contributed by atoms with Crippen molar-refractivity contribution in [3.8, 4) is 11.8 Å². The van der Waals surface area contributed by atoms with Gasteiger partial charge in [-0.25, -0.2) is 0 Å². The van der Waals surface area contributed by atoms with Gasteiger partial charge in [-0.05, 0) is 18.2 Å². The molecule has 14 heavy (non-hydrogen) atoms. The van der Waals surface area contributed by atoms with Crippen LogP contribution in [-0.4, -0.2) is 8.42 Å². The van der Waals surface area contributed by atoms with Crippen LogP contribution in [0.1, 0.15) is 5.56 Å². The van der Waals surface area contributed by atoms with Crippen molar-refractivity contribution in [2.45, 2.75) is 0 Å². The minimum Gasteiger partial charge on any atom is -0.357 e. The number of hydrogen-bond acceptors (Lipinski definition) is 4. The summed E-state index contributed by atoms with van der Waals surface area (Å²) in [6, 6.07) is 5.29. The van der Waals surface area contributed by atoms with E-state index in [1.54, 1.807) is 6.07 Å². The fourth-order valence-electron chi connectivity index (χ4n) is 0.745. The van der Waals surface area contributed by atoms with E-state index in [-0.39, 0.29) is 16.3 Å². The van der Waals surface area contributed by atoms with Crippen LogP contribution in [0.25, 0.3) is 0 Å². The van der Waals surface area contributed by atoms with Crippen LogP contribution in [0.4, 0.5) is 3.89 Å². The largest absolute Gasteiger partial charge is 0.488 e. The molecule has 0 aliphatic rings. The van der Waals surface area contributed by atoms with Gasteiger partial charge in [0.05, 0.1) is 16.7 Å². The van der Waals surface area contributed by atoms with E-state index in [9.17, 15) is 12.3 Å². The van der Waals surface area contributed by atoms with Gasteiger partial charge in [0, 0.05) is 0 Å². The zero-order valence-corrected chi connectivity index (χ0v) is 8.14. The molecule has 1 aromatic carbocycles. The summed E-state index contributed by atoms with van der Waals surface area (Å²) in [5.74, 6) is -0.354. The molecule has 4 nitrogen and oxygen atoms in total. The minimum atomic E-state index is -5.09. The molecule has 0 saturated heterocycles. The number of rotatable bonds is 2. The molecule has 0 fully saturated rings. The second-order valence-corrected chi connectivity index (χ2v) is 3.59. The van der Waals surface area contributed by atoms with E-state index in [1.807, 2.05) is 0 Å². The molecular weight excluding hydrogens is 233 g/mol. The van der Waals surface area contributed by atoms with Crippen LogP contribution in [0.5, 0.6) is 5.75 Å². The maximum absolute atomic E-state index is 12.1. The summed E-state index contributed by atoms with van der Waals surface area (Å²) < 4.78 is 36.1. The predicted octanol–water partition coefficient (Wildman–Crippen LogP) is 1.80. The molecule has 0 heterocycles. The number of nitriles is 1. The van der Waals surface area contributed by atoms with Gasteiger partial charge in [0.15, 0.2) is 5.75 Å². The van der Waals surface area contributed by atoms with E-state index >= 15 is 0 Å². The van der Waals surface area contributed by atoms with E-state index in [2.05, 4.69) is 4.18 Å². The molecule has 0 bridgehead atoms. The lowest BCUT2D eigenvalue weighted by Gasteiger charge is -2.01. The Hall–Kier alpha value is -1.32. The number of hydrogen-bond donors (Lipinski definition) is 0. The summed E-state index contributed by atoms with van der Waals surface area (Å²) in [6.07, 6.45) is 0. The van der Waals surface area contributed by atoms with Crippen molar-refractivity contribution in [3.05, 3.63) is 28.8 Å². The first kappa shape index (κ1) is 10.8. The maximum Gasteiger partial charge on any atom is 0.488 e. The first-order valence-corrected chi connectivity index (χ1v) is 4.95. The van der Waals surface area contributed by atoms with Crippen LogP contribution in [0.3, 0.4) is 0 Å². The zero-order valence-electron chi connectivity index (χ0n) is 6.57. The molecule has 0 radical (unpaired) electrons. The van der Waals surface area contributed by atoms with Crippen molar-refractivity contribution in [2.24, 2.45) is 0 Å². The first-order chi connectivity index (χ1) is 6.42. The number of halogens is 2. The van der Waals surface area contributed by atoms with Crippen molar-refractivity contribution in [1.82, 2.24) is 0 Å². The summed E-state index contributed by atoms with van der Waals surface area (Å²) in [5, 5.41) is 8.30. The molecular formula is C7H3ClFNO3S. The average Bonchev–Trinajstić information content (AvgIpc) is 2.06. The Bertz CT molecular complexity index is 494. The van der Waals surface area contributed by atoms with Gasteiger partial charge in [-0.3, -0.25) is 0 Å². The lowest BCUT2D eigenvalue weighted by atomic mass is 10.2. The third-order valence-electron chi connectivity index (χ3n) is 1.25. The van der Waals surface area contributed by atoms with Crippen molar-refractivity contribution in [2.75, 3.05) is 0 Å². The molecule has 1 aromatic rings. The highest BCUT2D eigenvalue weighted by molar-refractivity contribution is 7.81. The Kier molecular flexibility index (Phi) is 2.93. The van der Waals surface area contributed by atoms with Gasteiger partial charge in [0.2, 0.25) is 0 Å². The van der Waals surface area contributed by atoms with Gasteiger partial charge >= 0.3 is 10.5 Å². The topological polar surface area (TPSA) is 67.2 Å². The van der Waals surface area contributed by atoms with Crippen LogP contribution in [0.2, 0.25) is 5.02 Å². The molecule has 1 rings (SSSR count). The summed E-state index contributed by atoms with van der Waals surface area (Å²) in [6.45, 7) is 0. The average molecular weight is 236 g/mol. The Morgan fingerprint density at radius 2 is 2.14 bits per heavy atom. The molecule has 74 valence electrons. The van der Waals surface area contributed by atoms with E-state index in [1.165, 1.54) is 12.1 Å². The Labute approximate surface area is 84.9 Å². The summed E-state index contributed by atoms with van der Waals surface area (Å²) >= 11 is 5.51. The lowest BCUT2D eigenvalue weighted by molar-refractivity contribution is 0.440. The monoisotopic (exact) mass is 235 g/mol. The third kappa shape index (κ3) is 2.87. The smallest absolute Gasteiger partial charge is 0.357 e. The highest BCUT2D eigenvalue weighted by atomic mass is 35.5. The van der Waals surface area contributed by atoms with E-state index in [4.69, 9.17) is 16.9 Å². The van der Waals surface area contributed by atoms with Gasteiger partial charge < -0.3 is 4.18 Å². The SMILES string of the molecule is N#Cc1ccc(OS(=O)(=O)F)c(Cl)c1. The van der Waals surface area contributed by atoms with Gasteiger partial charge in [0.1, 0.15) is 0 Å². The molecule has 0 unspecified atom stereocenters. The molecule has 0 spiro atoms. The van der Waals surface area contributed by atoms with E-state index in [0.717, 1.165) is 6.07 Å². The molecule has 0 aliphatic carbocycles. The third-order valence-corrected chi connectivity index (χ3v) is 1.92. The van der Waals surface area contributed by atoms with Crippen LogP contribution < -0.4 is 4.18 Å². The zero-order chi connectivity index (χ0) is 10.8. The van der Waals surface area contributed by atoms with Crippen LogP contribution >= 0.6 is 11.6 Å². The van der Waals surface area contributed by atoms with E-state index in [0.29, 0.717) is 0 Å². The van der Waals surface area contributed by atoms with Crippen molar-refractivity contribution >= 4 is 22.1 Å². The van der Waals surface area contributed by atoms with Crippen LogP contribution in [-0.2, 0) is 10.5 Å². The summed E-state index contributed by atoms with van der Waals surface area (Å²) in [4.78, 5) is 0. The van der Waals surface area contributed by atoms with Crippen molar-refractivity contribution < 1.29 is 16.5 Å². The maximum atomic E-state index is 12.1. The Morgan fingerprint density at radius 3 is 2.57 bits per heavy atom. The first-order valence-electron chi connectivity index (χ1n) is 3.26. The summed E-state index contributed by atoms with van der Waals surface area (Å²) in [7, 11) is -5.09. The second-order valence-electron chi connectivity index (χ2n) is 2.23. The molecule has 0 aromatic heterocycles. The predicted molar refractivity (Wildman–Crippen MR) is 46.8 cm³/mol. The number of benzene rings is 1. The van der Waals surface area contributed by atoms with Gasteiger partial charge in [-0.1, -0.05) is 15.5 Å². The van der Waals surface area contributed by atoms with E-state index < -0.39 is 10.5 Å². The van der Waals surface area contributed by atoms with Crippen molar-refractivity contribution in [1.29, 1.82) is 5.26 Å². The quantitative estimate of drug-likeness (QED) is 0.733. The Morgan fingerprint density at radius 1 is 1.50 bits per heavy atom. The van der Waals surface area contributed by atoms with Crippen LogP contribution in [0.15, 0.2) is 18.2 Å². The highest BCUT2D eigenvalue weighted by Gasteiger charge is 2.12. The molecule has 0 saturated carbocycles. The van der Waals surface area contributed by atoms with Crippen LogP contribution in [0, 0.1) is 11.3 Å². The van der Waals surface area contributed by atoms with Crippen molar-refractivity contribution in [3.63, 3.8) is 0 Å². The second kappa shape index (κ2) is 3.82. The lowest BCUT2D eigenvalue weighted by Crippen LogP contribution is -2.01. The molecule has 0 aliphatic heterocycles. The minimum absolute atomic E-state index is 0.148. The molecule has 0 amide bonds. The van der Waals surface area contributed by atoms with Gasteiger partial charge in [-0.15, -0.1) is 0 Å². The summed E-state index contributed by atoms with van der Waals surface area (Å²) in [5.41, 5.74) is 0.221. The van der Waals surface area contributed by atoms with Gasteiger partial charge in [0.25, 0.3) is 0 Å². The highest BCUT2D eigenvalue weighted by Crippen LogP contribution is 2.26. The van der Waals surface area contributed by atoms with Gasteiger partial charge in [-0.2, -0.15) is 13.7 Å². The fraction of sp³-hybridized carbons (Fsp3) is 0. The number of nitrogens with zero attached hydrogens (tertiary/aromatic N) is 1. The fourth-order valence-corrected chi connectivity index (χ4v) is 1.37. The standard InChI is InChI=1S/C7H3ClFNO3S/c8-6-3-5(4-10)1-2-7(6)13-14(9,11)12/h1-3H. The molecule has 7 heteroatoms.